The van der Waals surface area contributed by atoms with Crippen molar-refractivity contribution in [1.82, 2.24) is 0 Å². The van der Waals surface area contributed by atoms with E-state index in [1.165, 1.54) is 0 Å². The number of hydrogen-bond donors (Lipinski definition) is 2. The Morgan fingerprint density at radius 1 is 0.923 bits per heavy atom. The molecule has 0 aliphatic heterocycles. The van der Waals surface area contributed by atoms with Gasteiger partial charge in [0, 0.05) is 16.9 Å². The Bertz CT molecular complexity index is 316. The first-order valence-electron chi connectivity index (χ1n) is 4.20. The highest BCUT2D eigenvalue weighted by atomic mass is 19.1. The van der Waals surface area contributed by atoms with Gasteiger partial charge in [-0.05, 0) is 37.5 Å². The summed E-state index contributed by atoms with van der Waals surface area (Å²) in [5, 5.41) is 0. The summed E-state index contributed by atoms with van der Waals surface area (Å²) in [6.45, 7) is 5.12. The van der Waals surface area contributed by atoms with Crippen molar-refractivity contribution in [3.63, 3.8) is 0 Å². The molecule has 13 heavy (non-hydrogen) atoms. The number of rotatable bonds is 1. The minimum atomic E-state index is -0.598. The highest BCUT2D eigenvalue weighted by Crippen LogP contribution is 2.31. The smallest absolute Gasteiger partial charge is 0.119 e. The van der Waals surface area contributed by atoms with Crippen LogP contribution in [0.25, 0.3) is 0 Å². The van der Waals surface area contributed by atoms with E-state index in [-0.39, 0.29) is 0 Å². The second-order valence-corrected chi connectivity index (χ2v) is 3.31. The lowest BCUT2D eigenvalue weighted by Crippen LogP contribution is -2.06. The summed E-state index contributed by atoms with van der Waals surface area (Å²) in [5.74, 6) is 0. The van der Waals surface area contributed by atoms with E-state index >= 15 is 0 Å². The maximum absolute atomic E-state index is 12.6. The van der Waals surface area contributed by atoms with Crippen LogP contribution in [0.1, 0.15) is 22.3 Å². The molecule has 1 rings (SSSR count). The lowest BCUT2D eigenvalue weighted by atomic mass is 9.96. The van der Waals surface area contributed by atoms with Crippen LogP contribution in [-0.2, 0) is 6.67 Å². The zero-order valence-electron chi connectivity index (χ0n) is 8.24. The van der Waals surface area contributed by atoms with Crippen molar-refractivity contribution in [3.8, 4) is 0 Å². The van der Waals surface area contributed by atoms with E-state index in [4.69, 9.17) is 11.5 Å². The minimum Gasteiger partial charge on any atom is -0.398 e. The number of halogens is 1. The summed E-state index contributed by atoms with van der Waals surface area (Å²) in [5.41, 5.74) is 15.8. The van der Waals surface area contributed by atoms with E-state index in [9.17, 15) is 4.39 Å². The molecule has 0 saturated carbocycles. The molecule has 0 bridgehead atoms. The lowest BCUT2D eigenvalue weighted by molar-refractivity contribution is 0.487. The van der Waals surface area contributed by atoms with Crippen LogP contribution >= 0.6 is 0 Å². The fourth-order valence-corrected chi connectivity index (χ4v) is 1.43. The molecular weight excluding hydrogens is 167 g/mol. The molecule has 0 atom stereocenters. The molecule has 0 aliphatic rings. The summed E-state index contributed by atoms with van der Waals surface area (Å²) in [4.78, 5) is 0. The van der Waals surface area contributed by atoms with Crippen molar-refractivity contribution in [2.45, 2.75) is 27.4 Å². The Kier molecular flexibility index (Phi) is 2.45. The molecule has 1 aromatic carbocycles. The highest BCUT2D eigenvalue weighted by Gasteiger charge is 2.12. The third-order valence-electron chi connectivity index (χ3n) is 2.72. The van der Waals surface area contributed by atoms with E-state index in [2.05, 4.69) is 0 Å². The van der Waals surface area contributed by atoms with E-state index < -0.39 is 6.67 Å². The predicted molar refractivity (Wildman–Crippen MR) is 54.3 cm³/mol. The number of benzene rings is 1. The van der Waals surface area contributed by atoms with Gasteiger partial charge in [0.1, 0.15) is 6.67 Å². The van der Waals surface area contributed by atoms with Gasteiger partial charge in [0.25, 0.3) is 0 Å². The minimum absolute atomic E-state index is 0.431. The van der Waals surface area contributed by atoms with Gasteiger partial charge in [-0.2, -0.15) is 0 Å². The number of nitrogen functional groups attached to an aromatic ring is 2. The maximum Gasteiger partial charge on any atom is 0.119 e. The molecule has 0 unspecified atom stereocenters. The monoisotopic (exact) mass is 182 g/mol. The van der Waals surface area contributed by atoms with Crippen LogP contribution in [-0.4, -0.2) is 0 Å². The fraction of sp³-hybridized carbons (Fsp3) is 0.400. The second-order valence-electron chi connectivity index (χ2n) is 3.31. The Morgan fingerprint density at radius 2 is 1.31 bits per heavy atom. The van der Waals surface area contributed by atoms with Crippen LogP contribution < -0.4 is 11.5 Å². The van der Waals surface area contributed by atoms with Crippen LogP contribution in [0.5, 0.6) is 0 Å². The van der Waals surface area contributed by atoms with E-state index in [0.717, 1.165) is 16.7 Å². The van der Waals surface area contributed by atoms with Gasteiger partial charge >= 0.3 is 0 Å². The van der Waals surface area contributed by atoms with E-state index in [1.807, 2.05) is 20.8 Å². The van der Waals surface area contributed by atoms with Crippen LogP contribution in [0.15, 0.2) is 0 Å². The molecule has 0 spiro atoms. The fourth-order valence-electron chi connectivity index (χ4n) is 1.43. The van der Waals surface area contributed by atoms with Crippen molar-refractivity contribution in [2.75, 3.05) is 11.5 Å². The van der Waals surface area contributed by atoms with Crippen molar-refractivity contribution in [1.29, 1.82) is 0 Å². The van der Waals surface area contributed by atoms with Gasteiger partial charge in [0.05, 0.1) is 0 Å². The summed E-state index contributed by atoms with van der Waals surface area (Å²) in [6, 6.07) is 0. The van der Waals surface area contributed by atoms with Crippen molar-refractivity contribution >= 4 is 11.4 Å². The van der Waals surface area contributed by atoms with Gasteiger partial charge in [-0.15, -0.1) is 0 Å². The topological polar surface area (TPSA) is 52.0 Å². The molecule has 1 aromatic rings. The molecule has 0 aliphatic carbocycles. The van der Waals surface area contributed by atoms with Crippen LogP contribution in [0.4, 0.5) is 15.8 Å². The molecule has 4 N–H and O–H groups in total. The number of anilines is 2. The van der Waals surface area contributed by atoms with Gasteiger partial charge in [0.2, 0.25) is 0 Å². The molecule has 0 saturated heterocycles. The molecule has 0 amide bonds. The SMILES string of the molecule is Cc1c(C)c(N)c(CF)c(N)c1C. The first-order chi connectivity index (χ1) is 6.00. The Balaban J connectivity index is 3.56. The van der Waals surface area contributed by atoms with Crippen molar-refractivity contribution < 1.29 is 4.39 Å². The zero-order valence-corrected chi connectivity index (χ0v) is 8.24. The summed E-state index contributed by atoms with van der Waals surface area (Å²) in [6.07, 6.45) is 0. The second kappa shape index (κ2) is 3.24. The average molecular weight is 182 g/mol. The quantitative estimate of drug-likeness (QED) is 0.654. The lowest BCUT2D eigenvalue weighted by Gasteiger charge is -2.15. The summed E-state index contributed by atoms with van der Waals surface area (Å²) in [7, 11) is 0. The normalized spacial score (nSPS) is 10.5. The van der Waals surface area contributed by atoms with Gasteiger partial charge < -0.3 is 11.5 Å². The van der Waals surface area contributed by atoms with Gasteiger partial charge in [-0.25, -0.2) is 4.39 Å². The van der Waals surface area contributed by atoms with Crippen LogP contribution in [0.2, 0.25) is 0 Å². The molecule has 2 nitrogen and oxygen atoms in total. The predicted octanol–water partition coefficient (Wildman–Crippen LogP) is 2.25. The molecule has 72 valence electrons. The van der Waals surface area contributed by atoms with Gasteiger partial charge in [0.15, 0.2) is 0 Å². The van der Waals surface area contributed by atoms with E-state index in [1.54, 1.807) is 0 Å². The van der Waals surface area contributed by atoms with Crippen molar-refractivity contribution in [2.24, 2.45) is 0 Å². The first kappa shape index (κ1) is 9.84. The molecule has 0 heterocycles. The molecular formula is C10H15FN2. The largest absolute Gasteiger partial charge is 0.398 e. The highest BCUT2D eigenvalue weighted by molar-refractivity contribution is 5.71. The molecule has 3 heteroatoms. The summed E-state index contributed by atoms with van der Waals surface area (Å²) >= 11 is 0. The Hall–Kier alpha value is -1.25. The molecule has 0 fully saturated rings. The summed E-state index contributed by atoms with van der Waals surface area (Å²) < 4.78 is 12.6. The number of hydrogen-bond acceptors (Lipinski definition) is 2. The first-order valence-corrected chi connectivity index (χ1v) is 4.20. The number of nitrogens with two attached hydrogens (primary N) is 2. The number of alkyl halides is 1. The molecule has 0 aromatic heterocycles. The Morgan fingerprint density at radius 3 is 1.62 bits per heavy atom. The van der Waals surface area contributed by atoms with Gasteiger partial charge in [-0.1, -0.05) is 0 Å². The third-order valence-corrected chi connectivity index (χ3v) is 2.72. The average Bonchev–Trinajstić information content (AvgIpc) is 2.13. The van der Waals surface area contributed by atoms with Gasteiger partial charge in [-0.3, -0.25) is 0 Å². The van der Waals surface area contributed by atoms with Crippen LogP contribution in [0, 0.1) is 20.8 Å². The standard InChI is InChI=1S/C10H15FN2/c1-5-6(2)9(12)8(4-11)10(13)7(5)3/h4,12-13H2,1-3H3. The van der Waals surface area contributed by atoms with Crippen molar-refractivity contribution in [3.05, 3.63) is 22.3 Å². The Labute approximate surface area is 77.7 Å². The maximum atomic E-state index is 12.6. The molecule has 0 radical (unpaired) electrons. The third kappa shape index (κ3) is 1.34. The van der Waals surface area contributed by atoms with Crippen LogP contribution in [0.3, 0.4) is 0 Å². The zero-order chi connectivity index (χ0) is 10.2. The van der Waals surface area contributed by atoms with E-state index in [0.29, 0.717) is 16.9 Å².